The Kier molecular flexibility index (Phi) is 2.05. The van der Waals surface area contributed by atoms with Gasteiger partial charge in [-0.3, -0.25) is 4.79 Å². The van der Waals surface area contributed by atoms with Gasteiger partial charge in [-0.1, -0.05) is 0 Å². The Bertz CT molecular complexity index is 336. The van der Waals surface area contributed by atoms with Crippen molar-refractivity contribution in [1.82, 2.24) is 9.88 Å². The number of carbonyl (C=O) groups is 1. The molecule has 0 saturated carbocycles. The van der Waals surface area contributed by atoms with Crippen LogP contribution in [0.1, 0.15) is 10.7 Å². The van der Waals surface area contributed by atoms with E-state index < -0.39 is 0 Å². The molecule has 1 aromatic heterocycles. The SMILES string of the molecule is Cc1nc(CN2CC(N)C2=O)cs1. The number of rotatable bonds is 2. The molecule has 1 amide bonds. The first-order valence-electron chi connectivity index (χ1n) is 4.12. The van der Waals surface area contributed by atoms with E-state index in [0.29, 0.717) is 13.1 Å². The molecule has 0 bridgehead atoms. The van der Waals surface area contributed by atoms with Crippen LogP contribution in [-0.4, -0.2) is 28.4 Å². The molecule has 70 valence electrons. The molecule has 1 unspecified atom stereocenters. The van der Waals surface area contributed by atoms with Crippen molar-refractivity contribution < 1.29 is 4.79 Å². The molecule has 4 nitrogen and oxygen atoms in total. The quantitative estimate of drug-likeness (QED) is 0.685. The number of nitrogens with zero attached hydrogens (tertiary/aromatic N) is 2. The summed E-state index contributed by atoms with van der Waals surface area (Å²) in [6.45, 7) is 3.23. The number of amides is 1. The molecule has 2 heterocycles. The third-order valence-electron chi connectivity index (χ3n) is 2.07. The third kappa shape index (κ3) is 1.57. The van der Waals surface area contributed by atoms with Gasteiger partial charge in [-0.05, 0) is 6.92 Å². The second kappa shape index (κ2) is 3.08. The van der Waals surface area contributed by atoms with E-state index in [1.807, 2.05) is 12.3 Å². The first-order chi connectivity index (χ1) is 6.16. The molecule has 0 aliphatic carbocycles. The van der Waals surface area contributed by atoms with E-state index in [1.54, 1.807) is 16.2 Å². The molecular formula is C8H11N3OS. The minimum atomic E-state index is -0.278. The zero-order valence-corrected chi connectivity index (χ0v) is 8.17. The molecule has 0 aromatic carbocycles. The van der Waals surface area contributed by atoms with E-state index in [1.165, 1.54) is 0 Å². The summed E-state index contributed by atoms with van der Waals surface area (Å²) in [6, 6.07) is -0.278. The smallest absolute Gasteiger partial charge is 0.241 e. The fourth-order valence-corrected chi connectivity index (χ4v) is 1.95. The molecule has 1 aromatic rings. The maximum Gasteiger partial charge on any atom is 0.241 e. The highest BCUT2D eigenvalue weighted by Crippen LogP contribution is 2.15. The largest absolute Gasteiger partial charge is 0.333 e. The molecule has 0 radical (unpaired) electrons. The molecule has 5 heteroatoms. The molecule has 0 spiro atoms. The topological polar surface area (TPSA) is 59.2 Å². The van der Waals surface area contributed by atoms with Crippen molar-refractivity contribution in [3.63, 3.8) is 0 Å². The molecule has 1 saturated heterocycles. The number of nitrogens with two attached hydrogens (primary N) is 1. The van der Waals surface area contributed by atoms with Gasteiger partial charge in [0.1, 0.15) is 6.04 Å². The van der Waals surface area contributed by atoms with E-state index in [0.717, 1.165) is 10.7 Å². The average Bonchev–Trinajstić information content (AvgIpc) is 2.50. The van der Waals surface area contributed by atoms with Gasteiger partial charge in [0.2, 0.25) is 5.91 Å². The molecule has 1 atom stereocenters. The number of β-lactam (4-membered cyclic amide) rings is 1. The highest BCUT2D eigenvalue weighted by Gasteiger charge is 2.33. The van der Waals surface area contributed by atoms with Crippen LogP contribution in [-0.2, 0) is 11.3 Å². The summed E-state index contributed by atoms with van der Waals surface area (Å²) in [7, 11) is 0. The van der Waals surface area contributed by atoms with Crippen molar-refractivity contribution in [2.24, 2.45) is 5.73 Å². The number of thiazole rings is 1. The van der Waals surface area contributed by atoms with Gasteiger partial charge in [-0.15, -0.1) is 11.3 Å². The van der Waals surface area contributed by atoms with Crippen molar-refractivity contribution in [3.8, 4) is 0 Å². The number of hydrogen-bond acceptors (Lipinski definition) is 4. The number of carbonyl (C=O) groups excluding carboxylic acids is 1. The summed E-state index contributed by atoms with van der Waals surface area (Å²) in [5, 5.41) is 3.01. The molecule has 2 N–H and O–H groups in total. The lowest BCUT2D eigenvalue weighted by molar-refractivity contribution is -0.143. The van der Waals surface area contributed by atoms with Crippen molar-refractivity contribution in [2.75, 3.05) is 6.54 Å². The number of aromatic nitrogens is 1. The second-order valence-corrected chi connectivity index (χ2v) is 4.25. The van der Waals surface area contributed by atoms with E-state index in [4.69, 9.17) is 5.73 Å². The Morgan fingerprint density at radius 2 is 2.62 bits per heavy atom. The maximum atomic E-state index is 11.1. The summed E-state index contributed by atoms with van der Waals surface area (Å²) in [6.07, 6.45) is 0. The van der Waals surface area contributed by atoms with Gasteiger partial charge in [0.25, 0.3) is 0 Å². The maximum absolute atomic E-state index is 11.1. The van der Waals surface area contributed by atoms with E-state index in [-0.39, 0.29) is 11.9 Å². The Morgan fingerprint density at radius 1 is 1.85 bits per heavy atom. The standard InChI is InChI=1S/C8H11N3OS/c1-5-10-6(4-13-5)2-11-3-7(9)8(11)12/h4,7H,2-3,9H2,1H3. The van der Waals surface area contributed by atoms with Gasteiger partial charge < -0.3 is 10.6 Å². The molecule has 2 rings (SSSR count). The number of likely N-dealkylation sites (tertiary alicyclic amines) is 1. The van der Waals surface area contributed by atoms with Gasteiger partial charge >= 0.3 is 0 Å². The Balaban J connectivity index is 1.96. The van der Waals surface area contributed by atoms with Crippen LogP contribution in [0.4, 0.5) is 0 Å². The van der Waals surface area contributed by atoms with Crippen LogP contribution in [0.5, 0.6) is 0 Å². The summed E-state index contributed by atoms with van der Waals surface area (Å²) in [5.74, 6) is 0.0330. The lowest BCUT2D eigenvalue weighted by Gasteiger charge is -2.35. The predicted molar refractivity (Wildman–Crippen MR) is 50.2 cm³/mol. The third-order valence-corrected chi connectivity index (χ3v) is 2.89. The Morgan fingerprint density at radius 3 is 3.08 bits per heavy atom. The van der Waals surface area contributed by atoms with Crippen LogP contribution in [0.25, 0.3) is 0 Å². The molecule has 1 fully saturated rings. The van der Waals surface area contributed by atoms with E-state index >= 15 is 0 Å². The monoisotopic (exact) mass is 197 g/mol. The zero-order valence-electron chi connectivity index (χ0n) is 7.36. The van der Waals surface area contributed by atoms with Crippen LogP contribution in [0, 0.1) is 6.92 Å². The molecule has 1 aliphatic rings. The van der Waals surface area contributed by atoms with Gasteiger partial charge in [0.15, 0.2) is 0 Å². The predicted octanol–water partition coefficient (Wildman–Crippen LogP) is 0.121. The van der Waals surface area contributed by atoms with Crippen LogP contribution in [0.15, 0.2) is 5.38 Å². The zero-order chi connectivity index (χ0) is 9.42. The highest BCUT2D eigenvalue weighted by atomic mass is 32.1. The van der Waals surface area contributed by atoms with Gasteiger partial charge in [-0.25, -0.2) is 4.98 Å². The van der Waals surface area contributed by atoms with Crippen LogP contribution in [0.3, 0.4) is 0 Å². The molecule has 1 aliphatic heterocycles. The highest BCUT2D eigenvalue weighted by molar-refractivity contribution is 7.09. The van der Waals surface area contributed by atoms with Crippen molar-refractivity contribution >= 4 is 17.2 Å². The normalized spacial score (nSPS) is 21.8. The summed E-state index contributed by atoms with van der Waals surface area (Å²) in [4.78, 5) is 17.1. The average molecular weight is 197 g/mol. The fourth-order valence-electron chi connectivity index (χ4n) is 1.35. The van der Waals surface area contributed by atoms with Crippen LogP contribution < -0.4 is 5.73 Å². The first kappa shape index (κ1) is 8.65. The molecule has 13 heavy (non-hydrogen) atoms. The van der Waals surface area contributed by atoms with Crippen molar-refractivity contribution in [1.29, 1.82) is 0 Å². The number of hydrogen-bond donors (Lipinski definition) is 1. The van der Waals surface area contributed by atoms with Crippen LogP contribution >= 0.6 is 11.3 Å². The van der Waals surface area contributed by atoms with Crippen LogP contribution in [0.2, 0.25) is 0 Å². The lowest BCUT2D eigenvalue weighted by Crippen LogP contribution is -2.60. The van der Waals surface area contributed by atoms with Crippen molar-refractivity contribution in [3.05, 3.63) is 16.1 Å². The van der Waals surface area contributed by atoms with Gasteiger partial charge in [-0.2, -0.15) is 0 Å². The summed E-state index contributed by atoms with van der Waals surface area (Å²) >= 11 is 1.60. The summed E-state index contributed by atoms with van der Waals surface area (Å²) < 4.78 is 0. The van der Waals surface area contributed by atoms with Crippen molar-refractivity contribution in [2.45, 2.75) is 19.5 Å². The fraction of sp³-hybridized carbons (Fsp3) is 0.500. The summed E-state index contributed by atoms with van der Waals surface area (Å²) in [5.41, 5.74) is 6.42. The van der Waals surface area contributed by atoms with E-state index in [2.05, 4.69) is 4.98 Å². The minimum absolute atomic E-state index is 0.0330. The van der Waals surface area contributed by atoms with Gasteiger partial charge in [0.05, 0.1) is 17.2 Å². The Labute approximate surface area is 80.4 Å². The first-order valence-corrected chi connectivity index (χ1v) is 5.00. The van der Waals surface area contributed by atoms with Gasteiger partial charge in [0, 0.05) is 11.9 Å². The second-order valence-electron chi connectivity index (χ2n) is 3.18. The van der Waals surface area contributed by atoms with E-state index in [9.17, 15) is 4.79 Å². The number of aryl methyl sites for hydroxylation is 1. The minimum Gasteiger partial charge on any atom is -0.333 e. The lowest BCUT2D eigenvalue weighted by atomic mass is 10.1. The molecular weight excluding hydrogens is 186 g/mol. The Hall–Kier alpha value is -0.940.